The van der Waals surface area contributed by atoms with E-state index in [2.05, 4.69) is 15.3 Å². The van der Waals surface area contributed by atoms with Gasteiger partial charge < -0.3 is 24.4 Å². The minimum atomic E-state index is -0.140. The molecule has 1 fully saturated rings. The molecule has 2 heterocycles. The van der Waals surface area contributed by atoms with Gasteiger partial charge in [0.15, 0.2) is 5.69 Å². The topological polar surface area (TPSA) is 85.8 Å². The van der Waals surface area contributed by atoms with E-state index in [0.29, 0.717) is 31.1 Å². The van der Waals surface area contributed by atoms with Crippen molar-refractivity contribution in [1.29, 1.82) is 0 Å². The van der Waals surface area contributed by atoms with E-state index in [0.717, 1.165) is 0 Å². The average molecular weight is 338 g/mol. The molecule has 1 aliphatic rings. The number of aromatic nitrogens is 2. The zero-order valence-corrected chi connectivity index (χ0v) is 15.2. The molecular weight excluding hydrogens is 312 g/mol. The molecule has 0 radical (unpaired) electrons. The van der Waals surface area contributed by atoms with Gasteiger partial charge in [0.1, 0.15) is 0 Å². The molecule has 0 spiro atoms. The lowest BCUT2D eigenvalue weighted by molar-refractivity contribution is -0.117. The predicted octanol–water partition coefficient (Wildman–Crippen LogP) is 1.70. The molecule has 1 amide bonds. The SMILES string of the molecule is COc1nc(N2CC(OC)C2)nc(OC)c1NC(=O)CC(C)(C)C. The molecule has 1 saturated heterocycles. The molecule has 0 atom stereocenters. The zero-order chi connectivity index (χ0) is 17.9. The number of amides is 1. The highest BCUT2D eigenvalue weighted by Gasteiger charge is 2.31. The van der Waals surface area contributed by atoms with Crippen LogP contribution in [0.5, 0.6) is 11.8 Å². The maximum Gasteiger partial charge on any atom is 0.246 e. The van der Waals surface area contributed by atoms with E-state index in [1.54, 1.807) is 7.11 Å². The number of methoxy groups -OCH3 is 3. The Hall–Kier alpha value is -2.09. The van der Waals surface area contributed by atoms with Gasteiger partial charge in [0, 0.05) is 26.6 Å². The number of ether oxygens (including phenoxy) is 3. The maximum absolute atomic E-state index is 12.2. The van der Waals surface area contributed by atoms with Gasteiger partial charge in [-0.05, 0) is 5.41 Å². The molecule has 24 heavy (non-hydrogen) atoms. The number of hydrogen-bond donors (Lipinski definition) is 1. The van der Waals surface area contributed by atoms with Crippen molar-refractivity contribution in [2.75, 3.05) is 44.6 Å². The van der Waals surface area contributed by atoms with Crippen molar-refractivity contribution in [3.05, 3.63) is 0 Å². The molecule has 8 heteroatoms. The quantitative estimate of drug-likeness (QED) is 0.845. The van der Waals surface area contributed by atoms with Crippen LogP contribution >= 0.6 is 0 Å². The fraction of sp³-hybridized carbons (Fsp3) is 0.688. The Morgan fingerprint density at radius 2 is 1.71 bits per heavy atom. The Labute approximate surface area is 142 Å². The summed E-state index contributed by atoms with van der Waals surface area (Å²) < 4.78 is 15.9. The van der Waals surface area contributed by atoms with Crippen LogP contribution in [0.4, 0.5) is 11.6 Å². The molecule has 0 unspecified atom stereocenters. The summed E-state index contributed by atoms with van der Waals surface area (Å²) in [6, 6.07) is 0. The third kappa shape index (κ3) is 4.25. The van der Waals surface area contributed by atoms with Crippen LogP contribution in [0.3, 0.4) is 0 Å². The van der Waals surface area contributed by atoms with Crippen LogP contribution in [0, 0.1) is 5.41 Å². The summed E-state index contributed by atoms with van der Waals surface area (Å²) in [4.78, 5) is 23.0. The van der Waals surface area contributed by atoms with Crippen LogP contribution < -0.4 is 19.7 Å². The first-order chi connectivity index (χ1) is 11.3. The molecule has 1 aromatic rings. The van der Waals surface area contributed by atoms with Crippen molar-refractivity contribution in [2.24, 2.45) is 5.41 Å². The van der Waals surface area contributed by atoms with E-state index < -0.39 is 0 Å². The van der Waals surface area contributed by atoms with Gasteiger partial charge in [-0.1, -0.05) is 20.8 Å². The molecule has 134 valence electrons. The molecule has 0 saturated carbocycles. The van der Waals surface area contributed by atoms with Crippen LogP contribution in [-0.2, 0) is 9.53 Å². The van der Waals surface area contributed by atoms with Gasteiger partial charge in [0.25, 0.3) is 0 Å². The first-order valence-corrected chi connectivity index (χ1v) is 7.85. The fourth-order valence-corrected chi connectivity index (χ4v) is 2.37. The van der Waals surface area contributed by atoms with E-state index in [1.165, 1.54) is 14.2 Å². The molecule has 1 aliphatic heterocycles. The highest BCUT2D eigenvalue weighted by atomic mass is 16.5. The summed E-state index contributed by atoms with van der Waals surface area (Å²) in [6.45, 7) is 7.40. The summed E-state index contributed by atoms with van der Waals surface area (Å²) >= 11 is 0. The van der Waals surface area contributed by atoms with Gasteiger partial charge in [-0.3, -0.25) is 4.79 Å². The third-order valence-corrected chi connectivity index (χ3v) is 3.64. The largest absolute Gasteiger partial charge is 0.479 e. The minimum Gasteiger partial charge on any atom is -0.479 e. The summed E-state index contributed by atoms with van der Waals surface area (Å²) in [5.41, 5.74) is 0.222. The third-order valence-electron chi connectivity index (χ3n) is 3.64. The maximum atomic E-state index is 12.2. The first-order valence-electron chi connectivity index (χ1n) is 7.85. The monoisotopic (exact) mass is 338 g/mol. The second-order valence-corrected chi connectivity index (χ2v) is 6.97. The number of hydrogen-bond acceptors (Lipinski definition) is 7. The van der Waals surface area contributed by atoms with Gasteiger partial charge in [-0.2, -0.15) is 9.97 Å². The zero-order valence-electron chi connectivity index (χ0n) is 15.2. The normalized spacial score (nSPS) is 15.0. The van der Waals surface area contributed by atoms with Crippen LogP contribution in [0.1, 0.15) is 27.2 Å². The Balaban J connectivity index is 2.23. The second-order valence-electron chi connectivity index (χ2n) is 6.97. The lowest BCUT2D eigenvalue weighted by Crippen LogP contribution is -2.52. The van der Waals surface area contributed by atoms with E-state index in [9.17, 15) is 4.79 Å². The number of nitrogens with one attached hydrogen (secondary N) is 1. The van der Waals surface area contributed by atoms with Crippen molar-refractivity contribution in [2.45, 2.75) is 33.3 Å². The van der Waals surface area contributed by atoms with E-state index in [-0.39, 0.29) is 29.2 Å². The number of carbonyl (C=O) groups is 1. The second kappa shape index (κ2) is 7.21. The fourth-order valence-electron chi connectivity index (χ4n) is 2.37. The molecule has 1 aromatic heterocycles. The van der Waals surface area contributed by atoms with E-state index in [4.69, 9.17) is 14.2 Å². The summed E-state index contributed by atoms with van der Waals surface area (Å²) in [5.74, 6) is 0.907. The van der Waals surface area contributed by atoms with Gasteiger partial charge in [-0.25, -0.2) is 0 Å². The lowest BCUT2D eigenvalue weighted by Gasteiger charge is -2.38. The molecule has 0 aromatic carbocycles. The molecule has 8 nitrogen and oxygen atoms in total. The number of carbonyl (C=O) groups excluding carboxylic acids is 1. The van der Waals surface area contributed by atoms with Crippen LogP contribution in [0.2, 0.25) is 0 Å². The van der Waals surface area contributed by atoms with Gasteiger partial charge in [-0.15, -0.1) is 0 Å². The van der Waals surface area contributed by atoms with Gasteiger partial charge >= 0.3 is 0 Å². The molecule has 2 rings (SSSR count). The number of nitrogens with zero attached hydrogens (tertiary/aromatic N) is 3. The van der Waals surface area contributed by atoms with E-state index in [1.807, 2.05) is 25.7 Å². The average Bonchev–Trinajstić information content (AvgIpc) is 2.45. The van der Waals surface area contributed by atoms with Crippen LogP contribution in [-0.4, -0.2) is 56.4 Å². The van der Waals surface area contributed by atoms with Crippen molar-refractivity contribution in [3.8, 4) is 11.8 Å². The Bertz CT molecular complexity index is 569. The van der Waals surface area contributed by atoms with Crippen LogP contribution in [0.25, 0.3) is 0 Å². The van der Waals surface area contributed by atoms with Crippen LogP contribution in [0.15, 0.2) is 0 Å². The molecule has 0 aliphatic carbocycles. The smallest absolute Gasteiger partial charge is 0.246 e. The molecular formula is C16H26N4O4. The summed E-state index contributed by atoms with van der Waals surface area (Å²) in [7, 11) is 4.68. The number of rotatable bonds is 6. The van der Waals surface area contributed by atoms with Gasteiger partial charge in [0.05, 0.1) is 20.3 Å². The van der Waals surface area contributed by atoms with Crippen molar-refractivity contribution < 1.29 is 19.0 Å². The van der Waals surface area contributed by atoms with Crippen molar-refractivity contribution >= 4 is 17.5 Å². The Morgan fingerprint density at radius 3 is 2.12 bits per heavy atom. The van der Waals surface area contributed by atoms with E-state index >= 15 is 0 Å². The first kappa shape index (κ1) is 18.3. The number of anilines is 2. The standard InChI is InChI=1S/C16H26N4O4/c1-16(2,3)7-11(21)17-12-13(23-5)18-15(19-14(12)24-6)20-8-10(9-20)22-4/h10H,7-9H2,1-6H3,(H,17,21). The summed E-state index contributed by atoms with van der Waals surface area (Å²) in [5, 5.41) is 2.80. The van der Waals surface area contributed by atoms with Crippen molar-refractivity contribution in [3.63, 3.8) is 0 Å². The predicted molar refractivity (Wildman–Crippen MR) is 90.8 cm³/mol. The highest BCUT2D eigenvalue weighted by molar-refractivity contribution is 5.93. The lowest BCUT2D eigenvalue weighted by atomic mass is 9.92. The molecule has 1 N–H and O–H groups in total. The Kier molecular flexibility index (Phi) is 5.48. The highest BCUT2D eigenvalue weighted by Crippen LogP contribution is 2.35. The Morgan fingerprint density at radius 1 is 1.17 bits per heavy atom. The molecule has 0 bridgehead atoms. The van der Waals surface area contributed by atoms with Crippen molar-refractivity contribution in [1.82, 2.24) is 9.97 Å². The minimum absolute atomic E-state index is 0.127. The van der Waals surface area contributed by atoms with Gasteiger partial charge in [0.2, 0.25) is 23.6 Å². The summed E-state index contributed by atoms with van der Waals surface area (Å²) in [6.07, 6.45) is 0.541.